The van der Waals surface area contributed by atoms with E-state index in [1.54, 1.807) is 0 Å². The second-order valence-electron chi connectivity index (χ2n) is 7.71. The number of hydrogen-bond donors (Lipinski definition) is 4. The van der Waals surface area contributed by atoms with E-state index in [9.17, 15) is 4.79 Å². The van der Waals surface area contributed by atoms with E-state index in [1.165, 1.54) is 77.0 Å². The van der Waals surface area contributed by atoms with Crippen molar-refractivity contribution < 1.29 is 9.53 Å². The largest absolute Gasteiger partial charge is 0.450 e. The molecule has 6 nitrogen and oxygen atoms in total. The van der Waals surface area contributed by atoms with Gasteiger partial charge in [-0.15, -0.1) is 12.4 Å². The number of ether oxygens (including phenoxy) is 1. The van der Waals surface area contributed by atoms with Crippen LogP contribution in [0.3, 0.4) is 0 Å². The predicted molar refractivity (Wildman–Crippen MR) is 126 cm³/mol. The molecule has 0 radical (unpaired) electrons. The zero-order chi connectivity index (χ0) is 20.7. The highest BCUT2D eigenvalue weighted by Crippen LogP contribution is 2.12. The molecule has 0 aliphatic rings. The van der Waals surface area contributed by atoms with Gasteiger partial charge in [-0.2, -0.15) is 0 Å². The van der Waals surface area contributed by atoms with Crippen molar-refractivity contribution in [3.63, 3.8) is 0 Å². The third-order valence-corrected chi connectivity index (χ3v) is 4.92. The second-order valence-corrected chi connectivity index (χ2v) is 7.71. The molecule has 0 rings (SSSR count). The van der Waals surface area contributed by atoms with Crippen LogP contribution in [0.5, 0.6) is 0 Å². The zero-order valence-electron chi connectivity index (χ0n) is 18.7. The third kappa shape index (κ3) is 26.8. The first-order chi connectivity index (χ1) is 13.7. The zero-order valence-corrected chi connectivity index (χ0v) is 19.6. The van der Waals surface area contributed by atoms with E-state index in [4.69, 9.17) is 15.9 Å². The molecule has 0 aliphatic heterocycles. The summed E-state index contributed by atoms with van der Waals surface area (Å²) in [6, 6.07) is 0. The normalized spacial score (nSPS) is 10.2. The van der Waals surface area contributed by atoms with Crippen LogP contribution < -0.4 is 16.4 Å². The lowest BCUT2D eigenvalue weighted by molar-refractivity contribution is 0.143. The molecule has 0 spiro atoms. The summed E-state index contributed by atoms with van der Waals surface area (Å²) in [6.45, 7) is 4.03. The van der Waals surface area contributed by atoms with Crippen LogP contribution in [0.1, 0.15) is 110 Å². The van der Waals surface area contributed by atoms with Crippen LogP contribution in [0.2, 0.25) is 0 Å². The number of carbonyl (C=O) groups excluding carboxylic acids is 1. The molecule has 0 fully saturated rings. The highest BCUT2D eigenvalue weighted by molar-refractivity contribution is 5.85. The molecule has 29 heavy (non-hydrogen) atoms. The number of unbranched alkanes of at least 4 members (excludes halogenated alkanes) is 14. The molecule has 0 atom stereocenters. The summed E-state index contributed by atoms with van der Waals surface area (Å²) in [4.78, 5) is 11.5. The molecule has 0 heterocycles. The molecule has 0 aliphatic carbocycles. The fourth-order valence-corrected chi connectivity index (χ4v) is 3.18. The van der Waals surface area contributed by atoms with Crippen molar-refractivity contribution in [2.24, 2.45) is 5.73 Å². The molecule has 0 saturated heterocycles. The molecule has 5 N–H and O–H groups in total. The number of nitrogens with one attached hydrogen (secondary N) is 3. The van der Waals surface area contributed by atoms with Gasteiger partial charge >= 0.3 is 6.09 Å². The molecule has 0 bridgehead atoms. The minimum absolute atomic E-state index is 0. The van der Waals surface area contributed by atoms with Gasteiger partial charge in [0.05, 0.1) is 6.61 Å². The van der Waals surface area contributed by atoms with Crippen molar-refractivity contribution in [1.82, 2.24) is 10.6 Å². The van der Waals surface area contributed by atoms with Gasteiger partial charge in [-0.3, -0.25) is 5.41 Å². The van der Waals surface area contributed by atoms with Gasteiger partial charge in [0.1, 0.15) is 0 Å². The number of hydrogen-bond acceptors (Lipinski definition) is 3. The van der Waals surface area contributed by atoms with Crippen molar-refractivity contribution in [3.8, 4) is 0 Å². The van der Waals surface area contributed by atoms with Gasteiger partial charge in [-0.1, -0.05) is 90.4 Å². The van der Waals surface area contributed by atoms with Gasteiger partial charge in [-0.05, 0) is 19.3 Å². The van der Waals surface area contributed by atoms with Crippen molar-refractivity contribution >= 4 is 24.5 Å². The number of alkyl carbamates (subject to hydrolysis) is 1. The maximum absolute atomic E-state index is 11.5. The smallest absolute Gasteiger partial charge is 0.407 e. The van der Waals surface area contributed by atoms with Crippen LogP contribution in [0.25, 0.3) is 0 Å². The average Bonchev–Trinajstić information content (AvgIpc) is 2.67. The van der Waals surface area contributed by atoms with E-state index >= 15 is 0 Å². The molecular formula is C22H47ClN4O2. The second kappa shape index (κ2) is 24.9. The Hall–Kier alpha value is -1.17. The van der Waals surface area contributed by atoms with Crippen LogP contribution in [0, 0.1) is 5.41 Å². The maximum atomic E-state index is 11.5. The molecule has 0 aromatic heterocycles. The summed E-state index contributed by atoms with van der Waals surface area (Å²) in [5.74, 6) is -0.0134. The molecule has 0 unspecified atom stereocenters. The Morgan fingerprint density at radius 2 is 1.14 bits per heavy atom. The average molecular weight is 435 g/mol. The Morgan fingerprint density at radius 3 is 1.59 bits per heavy atom. The number of guanidine groups is 1. The quantitative estimate of drug-likeness (QED) is 0.109. The Balaban J connectivity index is 0. The number of amides is 1. The third-order valence-electron chi connectivity index (χ3n) is 4.92. The van der Waals surface area contributed by atoms with E-state index < -0.39 is 0 Å². The van der Waals surface area contributed by atoms with Gasteiger partial charge in [0, 0.05) is 13.1 Å². The molecule has 0 aromatic carbocycles. The fourth-order valence-electron chi connectivity index (χ4n) is 3.18. The Morgan fingerprint density at radius 1 is 0.724 bits per heavy atom. The molecule has 0 aromatic rings. The lowest BCUT2D eigenvalue weighted by atomic mass is 10.0. The molecule has 174 valence electrons. The SMILES string of the molecule is CCCCCCCCCCCCCCCCOC(=O)NCCCCNC(=N)N.Cl. The van der Waals surface area contributed by atoms with E-state index in [1.807, 2.05) is 0 Å². The van der Waals surface area contributed by atoms with Crippen molar-refractivity contribution in [2.75, 3.05) is 19.7 Å². The van der Waals surface area contributed by atoms with E-state index in [-0.39, 0.29) is 24.5 Å². The van der Waals surface area contributed by atoms with E-state index in [0.717, 1.165) is 25.7 Å². The molecule has 1 amide bonds. The van der Waals surface area contributed by atoms with Crippen molar-refractivity contribution in [3.05, 3.63) is 0 Å². The summed E-state index contributed by atoms with van der Waals surface area (Å²) < 4.78 is 5.17. The van der Waals surface area contributed by atoms with Crippen LogP contribution >= 0.6 is 12.4 Å². The van der Waals surface area contributed by atoms with Crippen molar-refractivity contribution in [1.29, 1.82) is 5.41 Å². The highest BCUT2D eigenvalue weighted by atomic mass is 35.5. The number of rotatable bonds is 20. The topological polar surface area (TPSA) is 100 Å². The Bertz CT molecular complexity index is 371. The number of nitrogens with two attached hydrogens (primary N) is 1. The number of carbonyl (C=O) groups is 1. The van der Waals surface area contributed by atoms with Gasteiger partial charge in [-0.25, -0.2) is 4.79 Å². The van der Waals surface area contributed by atoms with Crippen LogP contribution in [-0.4, -0.2) is 31.7 Å². The predicted octanol–water partition coefficient (Wildman–Crippen LogP) is 5.88. The Kier molecular flexibility index (Phi) is 25.7. The molecular weight excluding hydrogens is 388 g/mol. The fraction of sp³-hybridized carbons (Fsp3) is 0.909. The van der Waals surface area contributed by atoms with Crippen molar-refractivity contribution in [2.45, 2.75) is 110 Å². The van der Waals surface area contributed by atoms with Crippen LogP contribution in [0.15, 0.2) is 0 Å². The minimum atomic E-state index is -0.325. The first-order valence-electron chi connectivity index (χ1n) is 11.6. The van der Waals surface area contributed by atoms with Gasteiger partial charge in [0.25, 0.3) is 0 Å². The Labute approximate surface area is 185 Å². The van der Waals surface area contributed by atoms with E-state index in [0.29, 0.717) is 19.7 Å². The monoisotopic (exact) mass is 434 g/mol. The standard InChI is InChI=1S/C22H46N4O2.ClH/c1-2-3-4-5-6-7-8-9-10-11-12-13-14-17-20-28-22(27)26-19-16-15-18-25-21(23)24;/h2-20H2,1H3,(H,26,27)(H4,23,24,25);1H. The summed E-state index contributed by atoms with van der Waals surface area (Å²) >= 11 is 0. The van der Waals surface area contributed by atoms with E-state index in [2.05, 4.69) is 17.6 Å². The van der Waals surface area contributed by atoms with Crippen LogP contribution in [-0.2, 0) is 4.74 Å². The summed E-state index contributed by atoms with van der Waals surface area (Å²) in [7, 11) is 0. The number of halogens is 1. The summed E-state index contributed by atoms with van der Waals surface area (Å²) in [6.07, 6.45) is 19.9. The lowest BCUT2D eigenvalue weighted by Gasteiger charge is -2.07. The summed E-state index contributed by atoms with van der Waals surface area (Å²) in [5, 5.41) is 12.5. The molecule has 0 saturated carbocycles. The van der Waals surface area contributed by atoms with Gasteiger partial charge in [0.2, 0.25) is 0 Å². The van der Waals surface area contributed by atoms with Crippen LogP contribution in [0.4, 0.5) is 4.79 Å². The highest BCUT2D eigenvalue weighted by Gasteiger charge is 2.01. The van der Waals surface area contributed by atoms with Gasteiger partial charge in [0.15, 0.2) is 5.96 Å². The maximum Gasteiger partial charge on any atom is 0.407 e. The first-order valence-corrected chi connectivity index (χ1v) is 11.6. The molecule has 7 heteroatoms. The van der Waals surface area contributed by atoms with Gasteiger partial charge < -0.3 is 21.1 Å². The minimum Gasteiger partial charge on any atom is -0.450 e. The lowest BCUT2D eigenvalue weighted by Crippen LogP contribution is -2.31. The summed E-state index contributed by atoms with van der Waals surface area (Å²) in [5.41, 5.74) is 5.19. The first kappa shape index (κ1) is 30.0.